The van der Waals surface area contributed by atoms with Crippen LogP contribution >= 0.6 is 0 Å². The van der Waals surface area contributed by atoms with E-state index >= 15 is 0 Å². The predicted octanol–water partition coefficient (Wildman–Crippen LogP) is 1.47. The van der Waals surface area contributed by atoms with Crippen LogP contribution in [0.25, 0.3) is 0 Å². The van der Waals surface area contributed by atoms with Gasteiger partial charge in [0.05, 0.1) is 6.04 Å². The molecule has 1 heterocycles. The number of aromatic nitrogens is 2. The van der Waals surface area contributed by atoms with Crippen LogP contribution in [-0.2, 0) is 0 Å². The molecule has 1 aromatic heterocycles. The summed E-state index contributed by atoms with van der Waals surface area (Å²) in [5, 5.41) is 3.45. The van der Waals surface area contributed by atoms with Crippen molar-refractivity contribution in [3.05, 3.63) is 18.2 Å². The molecule has 1 aromatic rings. The van der Waals surface area contributed by atoms with Crippen molar-refractivity contribution in [2.75, 3.05) is 6.54 Å². The molecule has 0 aromatic carbocycles. The smallest absolute Gasteiger partial charge is 0.123 e. The largest absolute Gasteiger partial charge is 0.347 e. The Hall–Kier alpha value is -0.830. The van der Waals surface area contributed by atoms with Gasteiger partial charge in [0.1, 0.15) is 5.82 Å². The summed E-state index contributed by atoms with van der Waals surface area (Å²) in [7, 11) is 0. The molecule has 1 fully saturated rings. The third-order valence-corrected chi connectivity index (χ3v) is 2.33. The fourth-order valence-electron chi connectivity index (χ4n) is 1.58. The van der Waals surface area contributed by atoms with E-state index in [1.165, 1.54) is 12.8 Å². The first-order valence-corrected chi connectivity index (χ1v) is 4.64. The minimum absolute atomic E-state index is 0.463. The van der Waals surface area contributed by atoms with Gasteiger partial charge in [0, 0.05) is 12.4 Å². The lowest BCUT2D eigenvalue weighted by atomic mass is 10.2. The van der Waals surface area contributed by atoms with Gasteiger partial charge in [-0.3, -0.25) is 0 Å². The first-order valence-electron chi connectivity index (χ1n) is 4.64. The SMILES string of the molecule is CCNC(c1ncc[nH]1)C1CC1. The van der Waals surface area contributed by atoms with E-state index in [2.05, 4.69) is 22.2 Å². The van der Waals surface area contributed by atoms with Gasteiger partial charge in [0.15, 0.2) is 0 Å². The summed E-state index contributed by atoms with van der Waals surface area (Å²) in [6, 6.07) is 0.463. The molecule has 66 valence electrons. The van der Waals surface area contributed by atoms with Crippen LogP contribution in [0.15, 0.2) is 12.4 Å². The second-order valence-electron chi connectivity index (χ2n) is 3.35. The van der Waals surface area contributed by atoms with Crippen molar-refractivity contribution in [2.45, 2.75) is 25.8 Å². The fraction of sp³-hybridized carbons (Fsp3) is 0.667. The molecule has 1 atom stereocenters. The molecular weight excluding hydrogens is 150 g/mol. The van der Waals surface area contributed by atoms with E-state index in [9.17, 15) is 0 Å². The van der Waals surface area contributed by atoms with E-state index in [0.717, 1.165) is 18.3 Å². The quantitative estimate of drug-likeness (QED) is 0.709. The molecule has 1 saturated carbocycles. The molecule has 2 N–H and O–H groups in total. The van der Waals surface area contributed by atoms with Crippen LogP contribution < -0.4 is 5.32 Å². The lowest BCUT2D eigenvalue weighted by molar-refractivity contribution is 0.475. The molecule has 0 aliphatic heterocycles. The normalized spacial score (nSPS) is 19.4. The minimum Gasteiger partial charge on any atom is -0.347 e. The van der Waals surface area contributed by atoms with Gasteiger partial charge in [-0.05, 0) is 25.3 Å². The van der Waals surface area contributed by atoms with Gasteiger partial charge in [-0.25, -0.2) is 4.98 Å². The summed E-state index contributed by atoms with van der Waals surface area (Å²) < 4.78 is 0. The van der Waals surface area contributed by atoms with Crippen molar-refractivity contribution in [2.24, 2.45) is 5.92 Å². The van der Waals surface area contributed by atoms with E-state index in [1.54, 1.807) is 0 Å². The van der Waals surface area contributed by atoms with Crippen LogP contribution in [-0.4, -0.2) is 16.5 Å². The highest BCUT2D eigenvalue weighted by molar-refractivity contribution is 5.02. The zero-order chi connectivity index (χ0) is 8.39. The van der Waals surface area contributed by atoms with Crippen molar-refractivity contribution in [3.8, 4) is 0 Å². The molecule has 0 radical (unpaired) electrons. The molecule has 0 amide bonds. The van der Waals surface area contributed by atoms with Crippen molar-refractivity contribution in [1.29, 1.82) is 0 Å². The van der Waals surface area contributed by atoms with Gasteiger partial charge in [-0.2, -0.15) is 0 Å². The summed E-state index contributed by atoms with van der Waals surface area (Å²) in [6.45, 7) is 3.15. The van der Waals surface area contributed by atoms with Crippen LogP contribution in [0, 0.1) is 5.92 Å². The molecule has 3 heteroatoms. The predicted molar refractivity (Wildman–Crippen MR) is 47.7 cm³/mol. The Kier molecular flexibility index (Phi) is 2.13. The number of rotatable bonds is 4. The highest BCUT2D eigenvalue weighted by Crippen LogP contribution is 2.39. The van der Waals surface area contributed by atoms with E-state index in [1.807, 2.05) is 12.4 Å². The standard InChI is InChI=1S/C9H15N3/c1-2-10-8(7-3-4-7)9-11-5-6-12-9/h5-8,10H,2-4H2,1H3,(H,11,12). The number of nitrogens with one attached hydrogen (secondary N) is 2. The summed E-state index contributed by atoms with van der Waals surface area (Å²) in [5.74, 6) is 1.91. The van der Waals surface area contributed by atoms with Gasteiger partial charge in [0.25, 0.3) is 0 Å². The first kappa shape index (κ1) is 7.80. The molecule has 1 aliphatic carbocycles. The third-order valence-electron chi connectivity index (χ3n) is 2.33. The molecule has 3 nitrogen and oxygen atoms in total. The van der Waals surface area contributed by atoms with Crippen molar-refractivity contribution < 1.29 is 0 Å². The topological polar surface area (TPSA) is 40.7 Å². The van der Waals surface area contributed by atoms with Crippen LogP contribution in [0.5, 0.6) is 0 Å². The zero-order valence-corrected chi connectivity index (χ0v) is 7.38. The van der Waals surface area contributed by atoms with E-state index in [4.69, 9.17) is 0 Å². The maximum absolute atomic E-state index is 4.28. The number of imidazole rings is 1. The van der Waals surface area contributed by atoms with E-state index in [-0.39, 0.29) is 0 Å². The van der Waals surface area contributed by atoms with E-state index < -0.39 is 0 Å². The number of aromatic amines is 1. The van der Waals surface area contributed by atoms with Crippen molar-refractivity contribution in [3.63, 3.8) is 0 Å². The van der Waals surface area contributed by atoms with Gasteiger partial charge < -0.3 is 10.3 Å². The molecule has 0 bridgehead atoms. The Morgan fingerprint density at radius 3 is 3.08 bits per heavy atom. The van der Waals surface area contributed by atoms with Gasteiger partial charge in [-0.15, -0.1) is 0 Å². The van der Waals surface area contributed by atoms with Gasteiger partial charge in [-0.1, -0.05) is 6.92 Å². The minimum atomic E-state index is 0.463. The fourth-order valence-corrected chi connectivity index (χ4v) is 1.58. The van der Waals surface area contributed by atoms with Crippen LogP contribution in [0.2, 0.25) is 0 Å². The first-order chi connectivity index (χ1) is 5.92. The monoisotopic (exact) mass is 165 g/mol. The van der Waals surface area contributed by atoms with Crippen molar-refractivity contribution in [1.82, 2.24) is 15.3 Å². The van der Waals surface area contributed by atoms with Gasteiger partial charge >= 0.3 is 0 Å². The van der Waals surface area contributed by atoms with Crippen LogP contribution in [0.3, 0.4) is 0 Å². The Morgan fingerprint density at radius 2 is 2.58 bits per heavy atom. The van der Waals surface area contributed by atoms with Crippen molar-refractivity contribution >= 4 is 0 Å². The molecule has 2 rings (SSSR count). The number of hydrogen-bond donors (Lipinski definition) is 2. The summed E-state index contributed by atoms with van der Waals surface area (Å²) in [4.78, 5) is 7.45. The van der Waals surface area contributed by atoms with Crippen LogP contribution in [0.4, 0.5) is 0 Å². The van der Waals surface area contributed by atoms with Gasteiger partial charge in [0.2, 0.25) is 0 Å². The van der Waals surface area contributed by atoms with Crippen LogP contribution in [0.1, 0.15) is 31.6 Å². The summed E-state index contributed by atoms with van der Waals surface area (Å²) in [5.41, 5.74) is 0. The number of hydrogen-bond acceptors (Lipinski definition) is 2. The zero-order valence-electron chi connectivity index (χ0n) is 7.38. The molecule has 0 saturated heterocycles. The molecule has 12 heavy (non-hydrogen) atoms. The second kappa shape index (κ2) is 3.27. The number of nitrogens with zero attached hydrogens (tertiary/aromatic N) is 1. The maximum Gasteiger partial charge on any atom is 0.123 e. The Balaban J connectivity index is 2.05. The summed E-state index contributed by atoms with van der Waals surface area (Å²) >= 11 is 0. The maximum atomic E-state index is 4.28. The highest BCUT2D eigenvalue weighted by Gasteiger charge is 2.32. The third kappa shape index (κ3) is 1.50. The Morgan fingerprint density at radius 1 is 1.75 bits per heavy atom. The summed E-state index contributed by atoms with van der Waals surface area (Å²) in [6.07, 6.45) is 6.40. The molecule has 0 spiro atoms. The Labute approximate surface area is 72.6 Å². The molecule has 1 unspecified atom stereocenters. The highest BCUT2D eigenvalue weighted by atomic mass is 15.0. The second-order valence-corrected chi connectivity index (χ2v) is 3.35. The lowest BCUT2D eigenvalue weighted by Gasteiger charge is -2.13. The Bertz CT molecular complexity index is 226. The average molecular weight is 165 g/mol. The molecule has 1 aliphatic rings. The lowest BCUT2D eigenvalue weighted by Crippen LogP contribution is -2.23. The average Bonchev–Trinajstić information content (AvgIpc) is 2.77. The van der Waals surface area contributed by atoms with E-state index in [0.29, 0.717) is 6.04 Å². The molecular formula is C9H15N3. The number of H-pyrrole nitrogens is 1.